The molecule has 2 aromatic carbocycles. The van der Waals surface area contributed by atoms with Gasteiger partial charge in [-0.15, -0.1) is 0 Å². The summed E-state index contributed by atoms with van der Waals surface area (Å²) in [6.45, 7) is 2.02. The minimum atomic E-state index is -0.515. The minimum absolute atomic E-state index is 0.0425. The van der Waals surface area contributed by atoms with E-state index in [9.17, 15) is 14.9 Å². The fourth-order valence-electron chi connectivity index (χ4n) is 3.79. The fourth-order valence-corrected chi connectivity index (χ4v) is 4.67. The number of aryl methyl sites for hydroxylation is 1. The van der Waals surface area contributed by atoms with Crippen molar-refractivity contribution in [3.05, 3.63) is 58.1 Å². The van der Waals surface area contributed by atoms with Crippen LogP contribution in [0.1, 0.15) is 30.4 Å². The highest BCUT2D eigenvalue weighted by atomic mass is 32.2. The molecule has 0 spiro atoms. The molecular formula is C25H27N3O5S. The van der Waals surface area contributed by atoms with E-state index in [2.05, 4.69) is 16.7 Å². The molecule has 0 aliphatic carbocycles. The number of benzene rings is 2. The van der Waals surface area contributed by atoms with Gasteiger partial charge in [0.1, 0.15) is 0 Å². The highest BCUT2D eigenvalue weighted by Crippen LogP contribution is 2.44. The summed E-state index contributed by atoms with van der Waals surface area (Å²) in [5.41, 5.74) is 2.85. The standard InChI is InChI=1S/C25H27N3O5S/c1-5-15-8-6-7-9-19(15)27-23(30)14-34-25-18(13-26)17(12-22(29)28-25)16-10-20(31-2)24(33-4)21(11-16)32-3/h6-11,17H,5,12,14H2,1-4H3,(H,27,30)(H,28,29)/t17-/m1/s1. The number of anilines is 1. The number of rotatable bonds is 9. The first kappa shape index (κ1) is 25.0. The third-order valence-electron chi connectivity index (χ3n) is 5.47. The predicted octanol–water partition coefficient (Wildman–Crippen LogP) is 3.99. The van der Waals surface area contributed by atoms with Crippen LogP contribution in [0, 0.1) is 11.3 Å². The predicted molar refractivity (Wildman–Crippen MR) is 131 cm³/mol. The highest BCUT2D eigenvalue weighted by Gasteiger charge is 2.31. The van der Waals surface area contributed by atoms with Gasteiger partial charge in [-0.2, -0.15) is 5.26 Å². The quantitative estimate of drug-likeness (QED) is 0.557. The summed E-state index contributed by atoms with van der Waals surface area (Å²) in [6.07, 6.45) is 0.877. The van der Waals surface area contributed by atoms with Gasteiger partial charge in [0.05, 0.1) is 43.8 Å². The number of nitrogens with zero attached hydrogens (tertiary/aromatic N) is 1. The number of hydrogen-bond acceptors (Lipinski definition) is 7. The Kier molecular flexibility index (Phi) is 8.44. The summed E-state index contributed by atoms with van der Waals surface area (Å²) in [4.78, 5) is 25.1. The third-order valence-corrected chi connectivity index (χ3v) is 6.48. The van der Waals surface area contributed by atoms with Crippen LogP contribution in [0.25, 0.3) is 0 Å². The molecular weight excluding hydrogens is 454 g/mol. The lowest BCUT2D eigenvalue weighted by atomic mass is 9.86. The number of methoxy groups -OCH3 is 3. The number of carbonyl (C=O) groups excluding carboxylic acids is 2. The number of para-hydroxylation sites is 1. The number of amides is 2. The van der Waals surface area contributed by atoms with Gasteiger partial charge in [0, 0.05) is 18.0 Å². The number of allylic oxidation sites excluding steroid dienone is 1. The Morgan fingerprint density at radius 3 is 2.44 bits per heavy atom. The van der Waals surface area contributed by atoms with E-state index in [4.69, 9.17) is 14.2 Å². The maximum atomic E-state index is 12.6. The average Bonchev–Trinajstić information content (AvgIpc) is 2.86. The molecule has 34 heavy (non-hydrogen) atoms. The van der Waals surface area contributed by atoms with Crippen molar-refractivity contribution < 1.29 is 23.8 Å². The molecule has 0 unspecified atom stereocenters. The second-order valence-corrected chi connectivity index (χ2v) is 8.45. The Balaban J connectivity index is 1.86. The number of thioether (sulfide) groups is 1. The Morgan fingerprint density at radius 1 is 1.18 bits per heavy atom. The van der Waals surface area contributed by atoms with E-state index in [1.54, 1.807) is 12.1 Å². The van der Waals surface area contributed by atoms with E-state index in [1.165, 1.54) is 21.3 Å². The molecule has 178 valence electrons. The summed E-state index contributed by atoms with van der Waals surface area (Å²) < 4.78 is 16.2. The second kappa shape index (κ2) is 11.5. The van der Waals surface area contributed by atoms with E-state index in [0.717, 1.165) is 29.4 Å². The molecule has 3 rings (SSSR count). The molecule has 2 amide bonds. The molecule has 1 aliphatic rings. The summed E-state index contributed by atoms with van der Waals surface area (Å²) in [5, 5.41) is 16.0. The van der Waals surface area contributed by atoms with E-state index in [-0.39, 0.29) is 24.0 Å². The molecule has 1 aliphatic heterocycles. The molecule has 1 heterocycles. The number of nitriles is 1. The topological polar surface area (TPSA) is 110 Å². The summed E-state index contributed by atoms with van der Waals surface area (Å²) in [5.74, 6) is 0.359. The maximum Gasteiger partial charge on any atom is 0.234 e. The van der Waals surface area contributed by atoms with Crippen LogP contribution in [0.4, 0.5) is 5.69 Å². The molecule has 2 N–H and O–H groups in total. The largest absolute Gasteiger partial charge is 0.493 e. The van der Waals surface area contributed by atoms with Crippen molar-refractivity contribution in [1.29, 1.82) is 5.26 Å². The zero-order valence-corrected chi connectivity index (χ0v) is 20.4. The number of hydrogen-bond donors (Lipinski definition) is 2. The Labute approximate surface area is 203 Å². The van der Waals surface area contributed by atoms with Crippen molar-refractivity contribution >= 4 is 29.3 Å². The van der Waals surface area contributed by atoms with Gasteiger partial charge in [-0.3, -0.25) is 9.59 Å². The monoisotopic (exact) mass is 481 g/mol. The zero-order valence-electron chi connectivity index (χ0n) is 19.6. The molecule has 1 atom stereocenters. The molecule has 9 heteroatoms. The third kappa shape index (κ3) is 5.46. The fraction of sp³-hybridized carbons (Fsp3) is 0.320. The van der Waals surface area contributed by atoms with Gasteiger partial charge in [-0.1, -0.05) is 36.9 Å². The molecule has 0 radical (unpaired) electrons. The van der Waals surface area contributed by atoms with Gasteiger partial charge in [-0.25, -0.2) is 0 Å². The first-order valence-electron chi connectivity index (χ1n) is 10.7. The number of carbonyl (C=O) groups is 2. The first-order chi connectivity index (χ1) is 16.4. The van der Waals surface area contributed by atoms with E-state index >= 15 is 0 Å². The van der Waals surface area contributed by atoms with Crippen molar-refractivity contribution in [3.63, 3.8) is 0 Å². The van der Waals surface area contributed by atoms with Crippen LogP contribution < -0.4 is 24.8 Å². The molecule has 0 saturated carbocycles. The summed E-state index contributed by atoms with van der Waals surface area (Å²) in [6, 6.07) is 13.3. The van der Waals surface area contributed by atoms with Gasteiger partial charge in [0.25, 0.3) is 0 Å². The van der Waals surface area contributed by atoms with Gasteiger partial charge in [-0.05, 0) is 35.7 Å². The molecule has 0 aromatic heterocycles. The second-order valence-electron chi connectivity index (χ2n) is 7.47. The van der Waals surface area contributed by atoms with Crippen LogP contribution in [0.5, 0.6) is 17.2 Å². The minimum Gasteiger partial charge on any atom is -0.493 e. The normalized spacial score (nSPS) is 15.3. The smallest absolute Gasteiger partial charge is 0.234 e. The van der Waals surface area contributed by atoms with Crippen LogP contribution in [-0.4, -0.2) is 38.9 Å². The lowest BCUT2D eigenvalue weighted by Crippen LogP contribution is -2.31. The van der Waals surface area contributed by atoms with Crippen molar-refractivity contribution in [1.82, 2.24) is 5.32 Å². The van der Waals surface area contributed by atoms with Gasteiger partial charge in [0.15, 0.2) is 11.5 Å². The van der Waals surface area contributed by atoms with Crippen LogP contribution >= 0.6 is 11.8 Å². The number of ether oxygens (including phenoxy) is 3. The lowest BCUT2D eigenvalue weighted by Gasteiger charge is -2.26. The van der Waals surface area contributed by atoms with Crippen molar-refractivity contribution in [3.8, 4) is 23.3 Å². The van der Waals surface area contributed by atoms with Crippen LogP contribution in [-0.2, 0) is 16.0 Å². The lowest BCUT2D eigenvalue weighted by molar-refractivity contribution is -0.121. The molecule has 0 bridgehead atoms. The highest BCUT2D eigenvalue weighted by molar-refractivity contribution is 8.03. The van der Waals surface area contributed by atoms with Gasteiger partial charge in [0.2, 0.25) is 17.6 Å². The van der Waals surface area contributed by atoms with E-state index < -0.39 is 5.92 Å². The molecule has 0 fully saturated rings. The molecule has 0 saturated heterocycles. The Hall–Kier alpha value is -3.64. The summed E-state index contributed by atoms with van der Waals surface area (Å²) in [7, 11) is 4.52. The maximum absolute atomic E-state index is 12.6. The van der Waals surface area contributed by atoms with Gasteiger partial charge < -0.3 is 24.8 Å². The van der Waals surface area contributed by atoms with Crippen molar-refractivity contribution in [2.24, 2.45) is 0 Å². The zero-order chi connectivity index (χ0) is 24.7. The van der Waals surface area contributed by atoms with Crippen LogP contribution in [0.3, 0.4) is 0 Å². The Morgan fingerprint density at radius 2 is 1.85 bits per heavy atom. The number of nitrogens with one attached hydrogen (secondary N) is 2. The average molecular weight is 482 g/mol. The van der Waals surface area contributed by atoms with Crippen LogP contribution in [0.2, 0.25) is 0 Å². The molecule has 2 aromatic rings. The Bertz CT molecular complexity index is 1130. The van der Waals surface area contributed by atoms with E-state index in [0.29, 0.717) is 33.4 Å². The molecule has 8 nitrogen and oxygen atoms in total. The van der Waals surface area contributed by atoms with Crippen molar-refractivity contribution in [2.75, 3.05) is 32.4 Å². The SMILES string of the molecule is CCc1ccccc1NC(=O)CSC1=C(C#N)[C@@H](c2cc(OC)c(OC)c(OC)c2)CC(=O)N1. The van der Waals surface area contributed by atoms with Crippen LogP contribution in [0.15, 0.2) is 47.0 Å². The van der Waals surface area contributed by atoms with E-state index in [1.807, 2.05) is 31.2 Å². The van der Waals surface area contributed by atoms with Gasteiger partial charge >= 0.3 is 0 Å². The van der Waals surface area contributed by atoms with Crippen molar-refractivity contribution in [2.45, 2.75) is 25.7 Å². The summed E-state index contributed by atoms with van der Waals surface area (Å²) >= 11 is 1.13. The first-order valence-corrected chi connectivity index (χ1v) is 11.7.